The average Bonchev–Trinajstić information content (AvgIpc) is 2.46. The van der Waals surface area contributed by atoms with Crippen molar-refractivity contribution in [3.8, 4) is 17.2 Å². The third-order valence-electron chi connectivity index (χ3n) is 2.86. The van der Waals surface area contributed by atoms with E-state index in [-0.39, 0.29) is 5.91 Å². The van der Waals surface area contributed by atoms with E-state index in [9.17, 15) is 4.79 Å². The summed E-state index contributed by atoms with van der Waals surface area (Å²) in [4.78, 5) is 13.3. The molecule has 0 saturated carbocycles. The molecule has 0 aliphatic rings. The summed E-state index contributed by atoms with van der Waals surface area (Å²) in [6, 6.07) is 16.9. The third-order valence-corrected chi connectivity index (χ3v) is 2.86. The molecule has 0 saturated heterocycles. The fourth-order valence-corrected chi connectivity index (χ4v) is 1.83. The second-order valence-electron chi connectivity index (χ2n) is 4.47. The van der Waals surface area contributed by atoms with E-state index in [1.54, 1.807) is 37.2 Å². The average molecular weight is 250 g/mol. The van der Waals surface area contributed by atoms with Gasteiger partial charge in [-0.25, -0.2) is 0 Å². The molecule has 0 radical (unpaired) electrons. The highest BCUT2D eigenvalue weighted by Crippen LogP contribution is 2.21. The van der Waals surface area contributed by atoms with Crippen LogP contribution in [0.5, 0.6) is 0 Å². The molecule has 0 atom stereocenters. The number of carbonyl (C=O) groups is 1. The van der Waals surface area contributed by atoms with Crippen LogP contribution < -0.4 is 0 Å². The summed E-state index contributed by atoms with van der Waals surface area (Å²) < 4.78 is 0. The number of hydrogen-bond acceptors (Lipinski definition) is 2. The fourth-order valence-electron chi connectivity index (χ4n) is 1.83. The number of carbonyl (C=O) groups excluding carboxylic acids is 1. The Bertz CT molecular complexity index is 637. The molecule has 94 valence electrons. The van der Waals surface area contributed by atoms with Crippen LogP contribution >= 0.6 is 0 Å². The normalized spacial score (nSPS) is 9.74. The molecule has 0 aromatic heterocycles. The molecule has 3 nitrogen and oxygen atoms in total. The molecule has 0 unspecified atom stereocenters. The molecule has 2 rings (SSSR count). The van der Waals surface area contributed by atoms with Gasteiger partial charge in [0, 0.05) is 19.7 Å². The Kier molecular flexibility index (Phi) is 3.63. The Labute approximate surface area is 112 Å². The lowest BCUT2D eigenvalue weighted by molar-refractivity contribution is 0.0827. The lowest BCUT2D eigenvalue weighted by Crippen LogP contribution is -2.21. The number of rotatable bonds is 2. The Morgan fingerprint density at radius 2 is 1.74 bits per heavy atom. The zero-order valence-electron chi connectivity index (χ0n) is 10.9. The Morgan fingerprint density at radius 3 is 2.32 bits per heavy atom. The van der Waals surface area contributed by atoms with E-state index in [4.69, 9.17) is 5.26 Å². The molecule has 0 spiro atoms. The van der Waals surface area contributed by atoms with Crippen LogP contribution in [-0.2, 0) is 0 Å². The van der Waals surface area contributed by atoms with Crippen molar-refractivity contribution in [2.75, 3.05) is 14.1 Å². The predicted molar refractivity (Wildman–Crippen MR) is 74.6 cm³/mol. The SMILES string of the molecule is CN(C)C(=O)c1ccc(-c2cccc(C#N)c2)cc1. The largest absolute Gasteiger partial charge is 0.345 e. The van der Waals surface area contributed by atoms with Crippen molar-refractivity contribution in [2.45, 2.75) is 0 Å². The highest BCUT2D eigenvalue weighted by atomic mass is 16.2. The monoisotopic (exact) mass is 250 g/mol. The van der Waals surface area contributed by atoms with Gasteiger partial charge in [0.25, 0.3) is 5.91 Å². The van der Waals surface area contributed by atoms with Gasteiger partial charge < -0.3 is 4.90 Å². The van der Waals surface area contributed by atoms with E-state index in [0.717, 1.165) is 11.1 Å². The van der Waals surface area contributed by atoms with Gasteiger partial charge in [-0.15, -0.1) is 0 Å². The van der Waals surface area contributed by atoms with Crippen molar-refractivity contribution in [2.24, 2.45) is 0 Å². The molecule has 0 aliphatic carbocycles. The molecule has 2 aromatic carbocycles. The van der Waals surface area contributed by atoms with E-state index in [1.165, 1.54) is 0 Å². The number of amides is 1. The van der Waals surface area contributed by atoms with Crippen molar-refractivity contribution in [3.05, 3.63) is 59.7 Å². The van der Waals surface area contributed by atoms with E-state index in [2.05, 4.69) is 6.07 Å². The molecule has 19 heavy (non-hydrogen) atoms. The number of benzene rings is 2. The minimum Gasteiger partial charge on any atom is -0.345 e. The Morgan fingerprint density at radius 1 is 1.05 bits per heavy atom. The summed E-state index contributed by atoms with van der Waals surface area (Å²) >= 11 is 0. The van der Waals surface area contributed by atoms with Crippen LogP contribution in [0.4, 0.5) is 0 Å². The van der Waals surface area contributed by atoms with E-state index in [1.807, 2.05) is 30.3 Å². The van der Waals surface area contributed by atoms with Crippen molar-refractivity contribution < 1.29 is 4.79 Å². The Hall–Kier alpha value is -2.60. The second-order valence-corrected chi connectivity index (χ2v) is 4.47. The third kappa shape index (κ3) is 2.80. The minimum absolute atomic E-state index is 0.0164. The van der Waals surface area contributed by atoms with Crippen LogP contribution in [0.25, 0.3) is 11.1 Å². The molecule has 3 heteroatoms. The molecule has 0 fully saturated rings. The van der Waals surface area contributed by atoms with Gasteiger partial charge in [-0.2, -0.15) is 5.26 Å². The summed E-state index contributed by atoms with van der Waals surface area (Å²) in [6.45, 7) is 0. The summed E-state index contributed by atoms with van der Waals surface area (Å²) in [6.07, 6.45) is 0. The number of hydrogen-bond donors (Lipinski definition) is 0. The summed E-state index contributed by atoms with van der Waals surface area (Å²) in [7, 11) is 3.46. The van der Waals surface area contributed by atoms with Crippen LogP contribution in [0.1, 0.15) is 15.9 Å². The first-order valence-corrected chi connectivity index (χ1v) is 5.94. The molecular formula is C16H14N2O. The summed E-state index contributed by atoms with van der Waals surface area (Å²) in [5.74, 6) is -0.0164. The zero-order chi connectivity index (χ0) is 13.8. The minimum atomic E-state index is -0.0164. The number of nitriles is 1. The van der Waals surface area contributed by atoms with Crippen LogP contribution in [0.3, 0.4) is 0 Å². The van der Waals surface area contributed by atoms with E-state index in [0.29, 0.717) is 11.1 Å². The van der Waals surface area contributed by atoms with Gasteiger partial charge in [-0.1, -0.05) is 24.3 Å². The zero-order valence-corrected chi connectivity index (χ0v) is 10.9. The quantitative estimate of drug-likeness (QED) is 0.822. The first-order valence-electron chi connectivity index (χ1n) is 5.94. The fraction of sp³-hybridized carbons (Fsp3) is 0.125. The van der Waals surface area contributed by atoms with Crippen LogP contribution in [0, 0.1) is 11.3 Å². The maximum absolute atomic E-state index is 11.8. The van der Waals surface area contributed by atoms with Gasteiger partial charge >= 0.3 is 0 Å². The summed E-state index contributed by atoms with van der Waals surface area (Å²) in [5.41, 5.74) is 3.26. The molecule has 1 amide bonds. The van der Waals surface area contributed by atoms with Crippen molar-refractivity contribution in [1.29, 1.82) is 5.26 Å². The van der Waals surface area contributed by atoms with E-state index >= 15 is 0 Å². The van der Waals surface area contributed by atoms with Gasteiger partial charge in [-0.05, 0) is 35.4 Å². The summed E-state index contributed by atoms with van der Waals surface area (Å²) in [5, 5.41) is 8.89. The highest BCUT2D eigenvalue weighted by Gasteiger charge is 2.07. The highest BCUT2D eigenvalue weighted by molar-refractivity contribution is 5.94. The molecule has 0 heterocycles. The van der Waals surface area contributed by atoms with Gasteiger partial charge in [0.05, 0.1) is 11.6 Å². The number of nitrogens with zero attached hydrogens (tertiary/aromatic N) is 2. The molecule has 2 aromatic rings. The van der Waals surface area contributed by atoms with Gasteiger partial charge in [-0.3, -0.25) is 4.79 Å². The predicted octanol–water partition coefficient (Wildman–Crippen LogP) is 2.93. The molecule has 0 N–H and O–H groups in total. The standard InChI is InChI=1S/C16H14N2O/c1-18(2)16(19)14-8-6-13(7-9-14)15-5-3-4-12(10-15)11-17/h3-10H,1-2H3. The van der Waals surface area contributed by atoms with Gasteiger partial charge in [0.15, 0.2) is 0 Å². The molecular weight excluding hydrogens is 236 g/mol. The first-order chi connectivity index (χ1) is 9.11. The van der Waals surface area contributed by atoms with Gasteiger partial charge in [0.1, 0.15) is 0 Å². The topological polar surface area (TPSA) is 44.1 Å². The Balaban J connectivity index is 2.32. The molecule has 0 bridgehead atoms. The lowest BCUT2D eigenvalue weighted by atomic mass is 10.0. The van der Waals surface area contributed by atoms with Gasteiger partial charge in [0.2, 0.25) is 0 Å². The molecule has 0 aliphatic heterocycles. The van der Waals surface area contributed by atoms with E-state index < -0.39 is 0 Å². The maximum atomic E-state index is 11.8. The van der Waals surface area contributed by atoms with Crippen LogP contribution in [0.15, 0.2) is 48.5 Å². The van der Waals surface area contributed by atoms with Crippen molar-refractivity contribution >= 4 is 5.91 Å². The maximum Gasteiger partial charge on any atom is 0.253 e. The van der Waals surface area contributed by atoms with Crippen molar-refractivity contribution in [1.82, 2.24) is 4.90 Å². The lowest BCUT2D eigenvalue weighted by Gasteiger charge is -2.10. The first kappa shape index (κ1) is 12.8. The second kappa shape index (κ2) is 5.36. The van der Waals surface area contributed by atoms with Crippen LogP contribution in [-0.4, -0.2) is 24.9 Å². The smallest absolute Gasteiger partial charge is 0.253 e. The van der Waals surface area contributed by atoms with Crippen LogP contribution in [0.2, 0.25) is 0 Å². The van der Waals surface area contributed by atoms with Crippen molar-refractivity contribution in [3.63, 3.8) is 0 Å².